The van der Waals surface area contributed by atoms with Gasteiger partial charge in [0.2, 0.25) is 0 Å². The SMILES string of the molecule is Cc1cccc(C2Cn3c(nc4ccccc43)S2)n1. The molecule has 3 nitrogen and oxygen atoms in total. The molecular formula is C15H13N3S. The van der Waals surface area contributed by atoms with Crippen LogP contribution in [-0.2, 0) is 6.54 Å². The van der Waals surface area contributed by atoms with Crippen LogP contribution < -0.4 is 0 Å². The van der Waals surface area contributed by atoms with E-state index in [1.807, 2.05) is 30.8 Å². The third kappa shape index (κ3) is 1.75. The van der Waals surface area contributed by atoms with Crippen molar-refractivity contribution in [2.75, 3.05) is 0 Å². The summed E-state index contributed by atoms with van der Waals surface area (Å²) in [6.07, 6.45) is 0. The molecule has 0 saturated heterocycles. The summed E-state index contributed by atoms with van der Waals surface area (Å²) >= 11 is 1.81. The van der Waals surface area contributed by atoms with Gasteiger partial charge in [0.1, 0.15) is 0 Å². The zero-order valence-corrected chi connectivity index (χ0v) is 11.4. The van der Waals surface area contributed by atoms with Crippen molar-refractivity contribution >= 4 is 22.8 Å². The molecule has 2 aromatic heterocycles. The van der Waals surface area contributed by atoms with E-state index in [4.69, 9.17) is 0 Å². The van der Waals surface area contributed by atoms with Crippen LogP contribution in [0.5, 0.6) is 0 Å². The first-order valence-electron chi connectivity index (χ1n) is 6.37. The summed E-state index contributed by atoms with van der Waals surface area (Å²) < 4.78 is 2.30. The van der Waals surface area contributed by atoms with E-state index in [1.54, 1.807) is 0 Å². The van der Waals surface area contributed by atoms with Gasteiger partial charge in [0, 0.05) is 12.2 Å². The van der Waals surface area contributed by atoms with Crippen molar-refractivity contribution in [2.45, 2.75) is 23.9 Å². The van der Waals surface area contributed by atoms with Gasteiger partial charge in [0.05, 0.1) is 22.0 Å². The highest BCUT2D eigenvalue weighted by atomic mass is 32.2. The summed E-state index contributed by atoms with van der Waals surface area (Å²) in [5.74, 6) is 0. The number of pyridine rings is 1. The monoisotopic (exact) mass is 267 g/mol. The quantitative estimate of drug-likeness (QED) is 0.675. The Morgan fingerprint density at radius 1 is 1.11 bits per heavy atom. The molecule has 0 spiro atoms. The molecule has 1 aliphatic rings. The summed E-state index contributed by atoms with van der Waals surface area (Å²) in [5.41, 5.74) is 4.54. The molecular weight excluding hydrogens is 254 g/mol. The topological polar surface area (TPSA) is 30.7 Å². The van der Waals surface area contributed by atoms with E-state index in [-0.39, 0.29) is 0 Å². The van der Waals surface area contributed by atoms with Crippen molar-refractivity contribution in [3.63, 3.8) is 0 Å². The number of thioether (sulfide) groups is 1. The van der Waals surface area contributed by atoms with Crippen LogP contribution in [-0.4, -0.2) is 14.5 Å². The molecule has 3 aromatic rings. The molecule has 19 heavy (non-hydrogen) atoms. The minimum Gasteiger partial charge on any atom is -0.317 e. The second-order valence-corrected chi connectivity index (χ2v) is 5.97. The highest BCUT2D eigenvalue weighted by Gasteiger charge is 2.27. The first-order valence-corrected chi connectivity index (χ1v) is 7.25. The molecule has 1 atom stereocenters. The van der Waals surface area contributed by atoms with E-state index >= 15 is 0 Å². The van der Waals surface area contributed by atoms with Crippen molar-refractivity contribution in [2.24, 2.45) is 0 Å². The molecule has 4 rings (SSSR count). The molecule has 4 heteroatoms. The van der Waals surface area contributed by atoms with E-state index < -0.39 is 0 Å². The molecule has 0 radical (unpaired) electrons. The van der Waals surface area contributed by atoms with Crippen LogP contribution >= 0.6 is 11.8 Å². The van der Waals surface area contributed by atoms with Crippen LogP contribution in [0, 0.1) is 6.92 Å². The largest absolute Gasteiger partial charge is 0.317 e. The van der Waals surface area contributed by atoms with Gasteiger partial charge in [-0.25, -0.2) is 4.98 Å². The Kier molecular flexibility index (Phi) is 2.38. The Balaban J connectivity index is 1.74. The molecule has 3 heterocycles. The maximum absolute atomic E-state index is 4.69. The molecule has 0 bridgehead atoms. The van der Waals surface area contributed by atoms with Gasteiger partial charge in [-0.1, -0.05) is 30.0 Å². The van der Waals surface area contributed by atoms with Crippen LogP contribution in [0.1, 0.15) is 16.6 Å². The lowest BCUT2D eigenvalue weighted by Crippen LogP contribution is -2.01. The van der Waals surface area contributed by atoms with Gasteiger partial charge >= 0.3 is 0 Å². The fourth-order valence-electron chi connectivity index (χ4n) is 2.55. The van der Waals surface area contributed by atoms with E-state index in [1.165, 1.54) is 5.52 Å². The Labute approximate surface area is 115 Å². The number of benzene rings is 1. The van der Waals surface area contributed by atoms with E-state index in [0.29, 0.717) is 5.25 Å². The fraction of sp³-hybridized carbons (Fsp3) is 0.200. The van der Waals surface area contributed by atoms with Crippen molar-refractivity contribution in [3.8, 4) is 0 Å². The standard InChI is InChI=1S/C15H13N3S/c1-10-5-4-7-12(16-10)14-9-18-13-8-3-2-6-11(13)17-15(18)19-14/h2-8,14H,9H2,1H3. The van der Waals surface area contributed by atoms with Gasteiger partial charge < -0.3 is 4.57 Å². The summed E-state index contributed by atoms with van der Waals surface area (Å²) in [5, 5.41) is 1.49. The molecule has 1 unspecified atom stereocenters. The van der Waals surface area contributed by atoms with E-state index in [0.717, 1.165) is 28.6 Å². The second-order valence-electron chi connectivity index (χ2n) is 4.80. The van der Waals surface area contributed by atoms with Crippen LogP contribution in [0.3, 0.4) is 0 Å². The average Bonchev–Trinajstić information content (AvgIpc) is 2.96. The molecule has 0 fully saturated rings. The zero-order chi connectivity index (χ0) is 12.8. The maximum atomic E-state index is 4.69. The normalized spacial score (nSPS) is 17.8. The van der Waals surface area contributed by atoms with Gasteiger partial charge in [0.25, 0.3) is 0 Å². The molecule has 0 amide bonds. The summed E-state index contributed by atoms with van der Waals surface area (Å²) in [4.78, 5) is 9.33. The highest BCUT2D eigenvalue weighted by molar-refractivity contribution is 7.99. The van der Waals surface area contributed by atoms with Gasteiger partial charge in [0.15, 0.2) is 5.16 Å². The predicted octanol–water partition coefficient (Wildman–Crippen LogP) is 3.59. The number of aromatic nitrogens is 3. The van der Waals surface area contributed by atoms with Crippen molar-refractivity contribution < 1.29 is 0 Å². The number of nitrogens with zero attached hydrogens (tertiary/aromatic N) is 3. The first-order chi connectivity index (χ1) is 9.31. The number of aryl methyl sites for hydroxylation is 1. The maximum Gasteiger partial charge on any atom is 0.169 e. The Bertz CT molecular complexity index is 763. The number of para-hydroxylation sites is 2. The van der Waals surface area contributed by atoms with Crippen LogP contribution in [0.25, 0.3) is 11.0 Å². The molecule has 0 N–H and O–H groups in total. The van der Waals surface area contributed by atoms with Crippen LogP contribution in [0.4, 0.5) is 0 Å². The summed E-state index contributed by atoms with van der Waals surface area (Å²) in [6.45, 7) is 2.99. The number of rotatable bonds is 1. The van der Waals surface area contributed by atoms with Gasteiger partial charge in [-0.15, -0.1) is 0 Å². The zero-order valence-electron chi connectivity index (χ0n) is 10.6. The van der Waals surface area contributed by atoms with Gasteiger partial charge in [-0.3, -0.25) is 4.98 Å². The number of hydrogen-bond donors (Lipinski definition) is 0. The molecule has 1 aliphatic heterocycles. The summed E-state index contributed by atoms with van der Waals surface area (Å²) in [7, 11) is 0. The third-order valence-electron chi connectivity index (χ3n) is 3.46. The average molecular weight is 267 g/mol. The fourth-order valence-corrected chi connectivity index (χ4v) is 3.73. The number of imidazole rings is 1. The molecule has 0 saturated carbocycles. The first kappa shape index (κ1) is 11.1. The smallest absolute Gasteiger partial charge is 0.169 e. The highest BCUT2D eigenvalue weighted by Crippen LogP contribution is 2.43. The van der Waals surface area contributed by atoms with E-state index in [9.17, 15) is 0 Å². The lowest BCUT2D eigenvalue weighted by molar-refractivity contribution is 0.673. The lowest BCUT2D eigenvalue weighted by atomic mass is 10.2. The molecule has 94 valence electrons. The Morgan fingerprint density at radius 3 is 2.89 bits per heavy atom. The summed E-state index contributed by atoms with van der Waals surface area (Å²) in [6, 6.07) is 14.5. The predicted molar refractivity (Wildman–Crippen MR) is 77.3 cm³/mol. The Morgan fingerprint density at radius 2 is 2.00 bits per heavy atom. The lowest BCUT2D eigenvalue weighted by Gasteiger charge is -2.08. The van der Waals surface area contributed by atoms with Gasteiger partial charge in [-0.05, 0) is 31.2 Å². The van der Waals surface area contributed by atoms with Crippen LogP contribution in [0.2, 0.25) is 0 Å². The molecule has 1 aromatic carbocycles. The molecule has 0 aliphatic carbocycles. The van der Waals surface area contributed by atoms with Gasteiger partial charge in [-0.2, -0.15) is 0 Å². The Hall–Kier alpha value is -1.81. The van der Waals surface area contributed by atoms with Crippen molar-refractivity contribution in [1.29, 1.82) is 0 Å². The number of fused-ring (bicyclic) bond motifs is 3. The number of hydrogen-bond acceptors (Lipinski definition) is 3. The second kappa shape index (κ2) is 4.10. The third-order valence-corrected chi connectivity index (χ3v) is 4.65. The minimum atomic E-state index is 0.381. The van der Waals surface area contributed by atoms with Crippen molar-refractivity contribution in [1.82, 2.24) is 14.5 Å². The minimum absolute atomic E-state index is 0.381. The van der Waals surface area contributed by atoms with Crippen LogP contribution in [0.15, 0.2) is 47.6 Å². The van der Waals surface area contributed by atoms with E-state index in [2.05, 4.69) is 44.9 Å². The van der Waals surface area contributed by atoms with Crippen molar-refractivity contribution in [3.05, 3.63) is 53.9 Å².